The molecule has 1 aliphatic carbocycles. The minimum atomic E-state index is -4.36. The number of aryl methyl sites for hydroxylation is 1. The van der Waals surface area contributed by atoms with Crippen molar-refractivity contribution < 1.29 is 22.7 Å². The molecule has 1 aliphatic heterocycles. The molecule has 2 aromatic carbocycles. The van der Waals surface area contributed by atoms with Gasteiger partial charge in [0.05, 0.1) is 12.2 Å². The third-order valence-electron chi connectivity index (χ3n) is 7.70. The number of halogens is 3. The molecule has 5 nitrogen and oxygen atoms in total. The summed E-state index contributed by atoms with van der Waals surface area (Å²) in [5.41, 5.74) is 1.31. The number of nitrogens with one attached hydrogen (secondary N) is 2. The predicted octanol–water partition coefficient (Wildman–Crippen LogP) is 6.42. The van der Waals surface area contributed by atoms with Crippen molar-refractivity contribution in [1.82, 2.24) is 5.32 Å². The number of alkyl halides is 3. The van der Waals surface area contributed by atoms with Crippen molar-refractivity contribution in [2.75, 3.05) is 36.5 Å². The van der Waals surface area contributed by atoms with Crippen molar-refractivity contribution >= 4 is 17.3 Å². The van der Waals surface area contributed by atoms with Crippen LogP contribution in [0.5, 0.6) is 5.75 Å². The number of carbonyl (C=O) groups excluding carboxylic acids is 1. The van der Waals surface area contributed by atoms with E-state index in [2.05, 4.69) is 27.7 Å². The molecule has 0 aromatic heterocycles. The number of benzene rings is 2. The summed E-state index contributed by atoms with van der Waals surface area (Å²) in [7, 11) is 0. The Labute approximate surface area is 217 Å². The fourth-order valence-electron chi connectivity index (χ4n) is 5.46. The number of rotatable bonds is 8. The van der Waals surface area contributed by atoms with E-state index in [4.69, 9.17) is 4.74 Å². The number of amides is 1. The van der Waals surface area contributed by atoms with Gasteiger partial charge in [0.25, 0.3) is 0 Å². The molecule has 0 spiro atoms. The fraction of sp³-hybridized carbons (Fsp3) is 0.552. The maximum atomic E-state index is 13.2. The van der Waals surface area contributed by atoms with Crippen LogP contribution in [-0.4, -0.2) is 38.2 Å². The van der Waals surface area contributed by atoms with Gasteiger partial charge in [0, 0.05) is 43.0 Å². The van der Waals surface area contributed by atoms with Crippen LogP contribution in [0.4, 0.5) is 24.5 Å². The van der Waals surface area contributed by atoms with E-state index in [-0.39, 0.29) is 23.4 Å². The van der Waals surface area contributed by atoms with Gasteiger partial charge in [0.2, 0.25) is 5.91 Å². The van der Waals surface area contributed by atoms with Crippen LogP contribution in [0.2, 0.25) is 0 Å². The minimum absolute atomic E-state index is 0.0225. The summed E-state index contributed by atoms with van der Waals surface area (Å²) < 4.78 is 45.2. The van der Waals surface area contributed by atoms with Gasteiger partial charge in [-0.25, -0.2) is 0 Å². The molecule has 0 bridgehead atoms. The van der Waals surface area contributed by atoms with Crippen LogP contribution in [-0.2, 0) is 11.0 Å². The molecule has 202 valence electrons. The van der Waals surface area contributed by atoms with Crippen LogP contribution >= 0.6 is 0 Å². The van der Waals surface area contributed by atoms with E-state index in [1.54, 1.807) is 6.07 Å². The zero-order chi connectivity index (χ0) is 26.4. The van der Waals surface area contributed by atoms with E-state index in [1.165, 1.54) is 24.7 Å². The lowest BCUT2D eigenvalue weighted by atomic mass is 9.85. The zero-order valence-electron chi connectivity index (χ0n) is 21.7. The average Bonchev–Trinajstić information content (AvgIpc) is 2.89. The number of hydrogen-bond acceptors (Lipinski definition) is 4. The summed E-state index contributed by atoms with van der Waals surface area (Å²) in [5, 5.41) is 6.42. The normalized spacial score (nSPS) is 20.9. The maximum Gasteiger partial charge on any atom is 0.416 e. The van der Waals surface area contributed by atoms with Gasteiger partial charge in [-0.15, -0.1) is 0 Å². The Morgan fingerprint density at radius 1 is 1.00 bits per heavy atom. The van der Waals surface area contributed by atoms with Crippen molar-refractivity contribution in [3.63, 3.8) is 0 Å². The van der Waals surface area contributed by atoms with Gasteiger partial charge in [-0.05, 0) is 100 Å². The van der Waals surface area contributed by atoms with Crippen LogP contribution in [0.3, 0.4) is 0 Å². The Balaban J connectivity index is 1.17. The monoisotopic (exact) mass is 517 g/mol. The Bertz CT molecular complexity index is 1030. The lowest BCUT2D eigenvalue weighted by Crippen LogP contribution is -2.41. The largest absolute Gasteiger partial charge is 0.494 e. The first-order valence-electron chi connectivity index (χ1n) is 13.4. The van der Waals surface area contributed by atoms with Crippen molar-refractivity contribution in [2.24, 2.45) is 11.8 Å². The molecule has 4 rings (SSSR count). The van der Waals surface area contributed by atoms with E-state index >= 15 is 0 Å². The van der Waals surface area contributed by atoms with Crippen molar-refractivity contribution in [2.45, 2.75) is 64.6 Å². The second kappa shape index (κ2) is 12.1. The summed E-state index contributed by atoms with van der Waals surface area (Å²) in [4.78, 5) is 15.2. The zero-order valence-corrected chi connectivity index (χ0v) is 21.7. The second-order valence-electron chi connectivity index (χ2n) is 10.3. The molecule has 1 amide bonds. The van der Waals surface area contributed by atoms with Gasteiger partial charge in [-0.2, -0.15) is 13.2 Å². The van der Waals surface area contributed by atoms with E-state index in [0.29, 0.717) is 24.8 Å². The molecule has 0 radical (unpaired) electrons. The highest BCUT2D eigenvalue weighted by molar-refractivity contribution is 5.78. The van der Waals surface area contributed by atoms with Crippen LogP contribution in [0.1, 0.15) is 56.6 Å². The Morgan fingerprint density at radius 2 is 1.68 bits per heavy atom. The van der Waals surface area contributed by atoms with E-state index < -0.39 is 11.7 Å². The first kappa shape index (κ1) is 27.1. The third-order valence-corrected chi connectivity index (χ3v) is 7.70. The topological polar surface area (TPSA) is 53.6 Å². The Morgan fingerprint density at radius 3 is 2.30 bits per heavy atom. The molecule has 8 heteroatoms. The van der Waals surface area contributed by atoms with Crippen LogP contribution < -0.4 is 20.3 Å². The summed E-state index contributed by atoms with van der Waals surface area (Å²) in [6, 6.07) is 12.7. The predicted molar refractivity (Wildman–Crippen MR) is 141 cm³/mol. The molecule has 2 N–H and O–H groups in total. The van der Waals surface area contributed by atoms with Gasteiger partial charge in [-0.1, -0.05) is 6.07 Å². The summed E-state index contributed by atoms with van der Waals surface area (Å²) in [6.45, 7) is 6.76. The Kier molecular flexibility index (Phi) is 8.87. The second-order valence-corrected chi connectivity index (χ2v) is 10.3. The lowest BCUT2D eigenvalue weighted by Gasteiger charge is -2.34. The molecule has 2 fully saturated rings. The SMILES string of the molecule is CCOc1ccc(N2CCC(CNC(=O)C3CCC(Nc4ccc(C)c(C(F)(F)F)c4)CC3)CC2)cc1. The fourth-order valence-corrected chi connectivity index (χ4v) is 5.46. The van der Waals surface area contributed by atoms with Gasteiger partial charge >= 0.3 is 6.18 Å². The first-order chi connectivity index (χ1) is 17.7. The number of carbonyl (C=O) groups is 1. The number of nitrogens with zero attached hydrogens (tertiary/aromatic N) is 1. The van der Waals surface area contributed by atoms with Crippen LogP contribution in [0.15, 0.2) is 42.5 Å². The third kappa shape index (κ3) is 7.33. The highest BCUT2D eigenvalue weighted by atomic mass is 19.4. The van der Waals surface area contributed by atoms with E-state index in [0.717, 1.165) is 57.4 Å². The van der Waals surface area contributed by atoms with Gasteiger partial charge in [-0.3, -0.25) is 4.79 Å². The standard InChI is InChI=1S/C29H38F3N3O2/c1-3-37-26-12-10-25(11-13-26)35-16-14-21(15-17-35)19-33-28(36)22-5-8-23(9-6-22)34-24-7-4-20(2)27(18-24)29(30,31)32/h4,7,10-13,18,21-23,34H,3,5-6,8-9,14-17,19H2,1-2H3,(H,33,36). The van der Waals surface area contributed by atoms with Gasteiger partial charge < -0.3 is 20.3 Å². The van der Waals surface area contributed by atoms with Crippen molar-refractivity contribution in [1.29, 1.82) is 0 Å². The van der Waals surface area contributed by atoms with Gasteiger partial charge in [0.15, 0.2) is 0 Å². The molecular weight excluding hydrogens is 479 g/mol. The number of anilines is 2. The Hall–Kier alpha value is -2.90. The maximum absolute atomic E-state index is 13.2. The molecular formula is C29H38F3N3O2. The molecule has 0 atom stereocenters. The summed E-state index contributed by atoms with van der Waals surface area (Å²) >= 11 is 0. The summed E-state index contributed by atoms with van der Waals surface area (Å²) in [6.07, 6.45) is 0.765. The van der Waals surface area contributed by atoms with Crippen molar-refractivity contribution in [3.8, 4) is 5.75 Å². The summed E-state index contributed by atoms with van der Waals surface area (Å²) in [5.74, 6) is 1.46. The number of piperidine rings is 1. The molecule has 2 aromatic rings. The van der Waals surface area contributed by atoms with Crippen LogP contribution in [0, 0.1) is 18.8 Å². The molecule has 1 heterocycles. The first-order valence-corrected chi connectivity index (χ1v) is 13.4. The minimum Gasteiger partial charge on any atom is -0.494 e. The van der Waals surface area contributed by atoms with Crippen molar-refractivity contribution in [3.05, 3.63) is 53.6 Å². The molecule has 37 heavy (non-hydrogen) atoms. The molecule has 0 unspecified atom stereocenters. The van der Waals surface area contributed by atoms with E-state index in [1.807, 2.05) is 19.1 Å². The molecule has 2 aliphatic rings. The quantitative estimate of drug-likeness (QED) is 0.425. The van der Waals surface area contributed by atoms with E-state index in [9.17, 15) is 18.0 Å². The average molecular weight is 518 g/mol. The molecule has 1 saturated carbocycles. The highest BCUT2D eigenvalue weighted by Crippen LogP contribution is 2.34. The smallest absolute Gasteiger partial charge is 0.416 e. The van der Waals surface area contributed by atoms with Gasteiger partial charge in [0.1, 0.15) is 5.75 Å². The van der Waals surface area contributed by atoms with Crippen LogP contribution in [0.25, 0.3) is 0 Å². The highest BCUT2D eigenvalue weighted by Gasteiger charge is 2.33. The number of hydrogen-bond donors (Lipinski definition) is 2. The number of ether oxygens (including phenoxy) is 1. The molecule has 1 saturated heterocycles. The lowest BCUT2D eigenvalue weighted by molar-refractivity contribution is -0.138.